The molecule has 1 aromatic carbocycles. The fourth-order valence-corrected chi connectivity index (χ4v) is 2.28. The molecule has 0 unspecified atom stereocenters. The van der Waals surface area contributed by atoms with Crippen LogP contribution in [0.1, 0.15) is 13.8 Å². The highest BCUT2D eigenvalue weighted by Gasteiger charge is 2.31. The van der Waals surface area contributed by atoms with Gasteiger partial charge in [0.2, 0.25) is 5.91 Å². The Balaban J connectivity index is 2.00. The van der Waals surface area contributed by atoms with Crippen LogP contribution in [0.2, 0.25) is 0 Å². The zero-order valence-corrected chi connectivity index (χ0v) is 13.8. The lowest BCUT2D eigenvalue weighted by Gasteiger charge is -2.21. The number of carbonyl (C=O) groups is 1. The maximum Gasteiger partial charge on any atom is 0.573 e. The Kier molecular flexibility index (Phi) is 4.05. The van der Waals surface area contributed by atoms with Crippen molar-refractivity contribution in [2.24, 2.45) is 5.73 Å². The second-order valence-corrected chi connectivity index (χ2v) is 6.02. The first-order valence-electron chi connectivity index (χ1n) is 7.45. The second kappa shape index (κ2) is 5.97. The van der Waals surface area contributed by atoms with Crippen LogP contribution in [0, 0.1) is 0 Å². The van der Waals surface area contributed by atoms with Crippen molar-refractivity contribution < 1.29 is 22.7 Å². The molecule has 0 aliphatic rings. The van der Waals surface area contributed by atoms with E-state index in [-0.39, 0.29) is 5.75 Å². The predicted octanol–water partition coefficient (Wildman–Crippen LogP) is 2.61. The van der Waals surface area contributed by atoms with Crippen LogP contribution in [-0.4, -0.2) is 32.0 Å². The van der Waals surface area contributed by atoms with Gasteiger partial charge in [0.15, 0.2) is 5.65 Å². The normalized spacial score (nSPS) is 12.3. The highest BCUT2D eigenvalue weighted by atomic mass is 19.4. The summed E-state index contributed by atoms with van der Waals surface area (Å²) in [6.45, 7) is 3.19. The quantitative estimate of drug-likeness (QED) is 0.767. The lowest BCUT2D eigenvalue weighted by atomic mass is 10.1. The molecule has 0 bridgehead atoms. The monoisotopic (exact) mass is 365 g/mol. The van der Waals surface area contributed by atoms with E-state index in [0.29, 0.717) is 22.4 Å². The van der Waals surface area contributed by atoms with Crippen LogP contribution < -0.4 is 10.5 Å². The molecule has 2 heterocycles. The summed E-state index contributed by atoms with van der Waals surface area (Å²) >= 11 is 0. The van der Waals surface area contributed by atoms with Gasteiger partial charge in [0, 0.05) is 5.56 Å². The zero-order valence-electron chi connectivity index (χ0n) is 13.8. The van der Waals surface area contributed by atoms with E-state index < -0.39 is 17.8 Å². The lowest BCUT2D eigenvalue weighted by Crippen LogP contribution is -2.41. The van der Waals surface area contributed by atoms with E-state index in [1.165, 1.54) is 41.3 Å². The molecule has 0 atom stereocenters. The Morgan fingerprint density at radius 2 is 1.81 bits per heavy atom. The van der Waals surface area contributed by atoms with Gasteiger partial charge in [-0.15, -0.1) is 13.2 Å². The third-order valence-corrected chi connectivity index (χ3v) is 3.79. The van der Waals surface area contributed by atoms with Crippen molar-refractivity contribution in [3.05, 3.63) is 36.7 Å². The minimum absolute atomic E-state index is 0.335. The zero-order chi connectivity index (χ0) is 19.1. The molecule has 0 saturated carbocycles. The van der Waals surface area contributed by atoms with Crippen LogP contribution in [0.25, 0.3) is 22.4 Å². The molecule has 3 rings (SSSR count). The summed E-state index contributed by atoms with van der Waals surface area (Å²) in [5, 5.41) is 4.12. The molecule has 0 aliphatic carbocycles. The summed E-state index contributed by atoms with van der Waals surface area (Å²) < 4.78 is 41.9. The summed E-state index contributed by atoms with van der Waals surface area (Å²) in [5.41, 5.74) is 6.01. The van der Waals surface area contributed by atoms with E-state index in [4.69, 9.17) is 5.73 Å². The van der Waals surface area contributed by atoms with Gasteiger partial charge in [-0.3, -0.25) is 4.79 Å². The first kappa shape index (κ1) is 17.6. The lowest BCUT2D eigenvalue weighted by molar-refractivity contribution is -0.274. The summed E-state index contributed by atoms with van der Waals surface area (Å²) in [7, 11) is 0. The van der Waals surface area contributed by atoms with Gasteiger partial charge >= 0.3 is 6.36 Å². The number of halogens is 3. The SMILES string of the molecule is CC(C)(C(N)=O)n1ncc2ncc(-c3ccc(OC(F)(F)F)cc3)nc21. The van der Waals surface area contributed by atoms with Gasteiger partial charge in [-0.1, -0.05) is 0 Å². The fraction of sp³-hybridized carbons (Fsp3) is 0.250. The number of nitrogens with zero attached hydrogens (tertiary/aromatic N) is 4. The number of nitrogens with two attached hydrogens (primary N) is 1. The Hall–Kier alpha value is -3.17. The highest BCUT2D eigenvalue weighted by molar-refractivity contribution is 5.84. The molecule has 3 aromatic rings. The number of fused-ring (bicyclic) bond motifs is 1. The van der Waals surface area contributed by atoms with Gasteiger partial charge < -0.3 is 10.5 Å². The number of hydrogen-bond donors (Lipinski definition) is 1. The van der Waals surface area contributed by atoms with E-state index in [9.17, 15) is 18.0 Å². The number of rotatable bonds is 4. The summed E-state index contributed by atoms with van der Waals surface area (Å²) in [4.78, 5) is 20.3. The summed E-state index contributed by atoms with van der Waals surface area (Å²) in [6.07, 6.45) is -1.84. The van der Waals surface area contributed by atoms with Crippen molar-refractivity contribution in [3.63, 3.8) is 0 Å². The van der Waals surface area contributed by atoms with E-state index in [1.807, 2.05) is 0 Å². The summed E-state index contributed by atoms with van der Waals surface area (Å²) in [6, 6.07) is 5.21. The van der Waals surface area contributed by atoms with Gasteiger partial charge in [-0.2, -0.15) is 5.10 Å². The van der Waals surface area contributed by atoms with Gasteiger partial charge in [-0.05, 0) is 38.1 Å². The first-order valence-corrected chi connectivity index (χ1v) is 7.45. The minimum atomic E-state index is -4.76. The van der Waals surface area contributed by atoms with Crippen molar-refractivity contribution >= 4 is 17.1 Å². The molecule has 0 radical (unpaired) electrons. The van der Waals surface area contributed by atoms with Gasteiger partial charge in [0.1, 0.15) is 16.8 Å². The minimum Gasteiger partial charge on any atom is -0.406 e. The van der Waals surface area contributed by atoms with E-state index in [0.717, 1.165) is 0 Å². The highest BCUT2D eigenvalue weighted by Crippen LogP contribution is 2.27. The molecule has 0 aliphatic heterocycles. The van der Waals surface area contributed by atoms with Crippen LogP contribution in [0.15, 0.2) is 36.7 Å². The first-order chi connectivity index (χ1) is 12.1. The van der Waals surface area contributed by atoms with E-state index in [2.05, 4.69) is 19.8 Å². The number of primary amides is 1. The van der Waals surface area contributed by atoms with Crippen LogP contribution in [0.5, 0.6) is 5.75 Å². The topological polar surface area (TPSA) is 95.9 Å². The number of hydrogen-bond acceptors (Lipinski definition) is 5. The number of benzene rings is 1. The summed E-state index contributed by atoms with van der Waals surface area (Å²) in [5.74, 6) is -0.932. The van der Waals surface area contributed by atoms with Gasteiger partial charge in [0.05, 0.1) is 18.1 Å². The van der Waals surface area contributed by atoms with Crippen LogP contribution in [0.3, 0.4) is 0 Å². The average Bonchev–Trinajstić information content (AvgIpc) is 2.97. The Morgan fingerprint density at radius 3 is 2.38 bits per heavy atom. The van der Waals surface area contributed by atoms with Gasteiger partial charge in [-0.25, -0.2) is 14.6 Å². The van der Waals surface area contributed by atoms with Crippen LogP contribution >= 0.6 is 0 Å². The Labute approximate surface area is 145 Å². The fourth-order valence-electron chi connectivity index (χ4n) is 2.28. The molecule has 26 heavy (non-hydrogen) atoms. The van der Waals surface area contributed by atoms with Crippen molar-refractivity contribution in [2.75, 3.05) is 0 Å². The molecule has 2 aromatic heterocycles. The maximum atomic E-state index is 12.2. The van der Waals surface area contributed by atoms with Crippen LogP contribution in [-0.2, 0) is 10.3 Å². The molecule has 1 amide bonds. The number of carbonyl (C=O) groups excluding carboxylic acids is 1. The molecule has 7 nitrogen and oxygen atoms in total. The van der Waals surface area contributed by atoms with Crippen molar-refractivity contribution in [1.29, 1.82) is 0 Å². The predicted molar refractivity (Wildman–Crippen MR) is 86.0 cm³/mol. The molecule has 0 spiro atoms. The van der Waals surface area contributed by atoms with Crippen molar-refractivity contribution in [2.45, 2.75) is 25.7 Å². The second-order valence-electron chi connectivity index (χ2n) is 6.02. The number of amides is 1. The Bertz CT molecular complexity index is 964. The smallest absolute Gasteiger partial charge is 0.406 e. The maximum absolute atomic E-state index is 12.2. The number of aromatic nitrogens is 4. The standard InChI is InChI=1S/C16H14F3N5O2/c1-15(2,14(20)25)24-13-12(8-22-24)21-7-11(23-13)9-3-5-10(6-4-9)26-16(17,18)19/h3-8H,1-2H3,(H2,20,25). The molecule has 2 N–H and O–H groups in total. The average molecular weight is 365 g/mol. The van der Waals surface area contributed by atoms with E-state index in [1.54, 1.807) is 13.8 Å². The molecule has 0 fully saturated rings. The molecular weight excluding hydrogens is 351 g/mol. The molecule has 10 heteroatoms. The van der Waals surface area contributed by atoms with E-state index >= 15 is 0 Å². The molecule has 0 saturated heterocycles. The van der Waals surface area contributed by atoms with Crippen molar-refractivity contribution in [3.8, 4) is 17.0 Å². The number of alkyl halides is 3. The van der Waals surface area contributed by atoms with Gasteiger partial charge in [0.25, 0.3) is 0 Å². The largest absolute Gasteiger partial charge is 0.573 e. The van der Waals surface area contributed by atoms with Crippen molar-refractivity contribution in [1.82, 2.24) is 19.7 Å². The third-order valence-electron chi connectivity index (χ3n) is 3.79. The Morgan fingerprint density at radius 1 is 1.15 bits per heavy atom. The third kappa shape index (κ3) is 3.30. The number of ether oxygens (including phenoxy) is 1. The molecule has 136 valence electrons. The van der Waals surface area contributed by atoms with Crippen LogP contribution in [0.4, 0.5) is 13.2 Å². The molecular formula is C16H14F3N5O2.